The fourth-order valence-electron chi connectivity index (χ4n) is 1.69. The molecule has 0 radical (unpaired) electrons. The number of hydrogen-bond donors (Lipinski definition) is 2. The zero-order valence-corrected chi connectivity index (χ0v) is 11.8. The first-order chi connectivity index (χ1) is 10.3. The predicted molar refractivity (Wildman–Crippen MR) is 75.7 cm³/mol. The van der Waals surface area contributed by atoms with Gasteiger partial charge in [-0.15, -0.1) is 0 Å². The monoisotopic (exact) mass is 327 g/mol. The van der Waals surface area contributed by atoms with Crippen molar-refractivity contribution in [3.05, 3.63) is 54.1 Å². The van der Waals surface area contributed by atoms with Crippen molar-refractivity contribution < 1.29 is 27.1 Å². The van der Waals surface area contributed by atoms with Crippen molar-refractivity contribution in [1.29, 1.82) is 0 Å². The first-order valence-corrected chi connectivity index (χ1v) is 7.58. The van der Waals surface area contributed by atoms with Gasteiger partial charge < -0.3 is 10.4 Å². The zero-order valence-electron chi connectivity index (χ0n) is 11.0. The van der Waals surface area contributed by atoms with Crippen molar-refractivity contribution in [3.63, 3.8) is 0 Å². The van der Waals surface area contributed by atoms with Gasteiger partial charge in [0.1, 0.15) is 5.75 Å². The van der Waals surface area contributed by atoms with Crippen molar-refractivity contribution in [2.75, 3.05) is 5.32 Å². The maximum atomic E-state index is 12.4. The van der Waals surface area contributed by atoms with Crippen molar-refractivity contribution in [1.82, 2.24) is 0 Å². The van der Waals surface area contributed by atoms with Crippen LogP contribution in [0.1, 0.15) is 10.4 Å². The number of hydrogen-bond acceptors (Lipinski definition) is 4. The average molecular weight is 327 g/mol. The summed E-state index contributed by atoms with van der Waals surface area (Å²) in [6.45, 7) is 0. The van der Waals surface area contributed by atoms with Gasteiger partial charge in [-0.1, -0.05) is 6.07 Å². The van der Waals surface area contributed by atoms with Crippen LogP contribution in [0.15, 0.2) is 53.4 Å². The Balaban J connectivity index is 2.19. The van der Waals surface area contributed by atoms with Gasteiger partial charge in [-0.25, -0.2) is 8.42 Å². The fourth-order valence-corrected chi connectivity index (χ4v) is 2.41. The number of carbonyl (C=O) groups excluding carboxylic acids is 1. The van der Waals surface area contributed by atoms with E-state index >= 15 is 0 Å². The minimum absolute atomic E-state index is 0.0313. The number of halogens is 2. The average Bonchev–Trinajstić information content (AvgIpc) is 2.47. The lowest BCUT2D eigenvalue weighted by Crippen LogP contribution is -2.14. The molecule has 0 spiro atoms. The number of amides is 1. The van der Waals surface area contributed by atoms with Gasteiger partial charge in [-0.3, -0.25) is 4.79 Å². The van der Waals surface area contributed by atoms with Crippen LogP contribution in [0.25, 0.3) is 0 Å². The van der Waals surface area contributed by atoms with E-state index in [0.29, 0.717) is 5.69 Å². The Morgan fingerprint density at radius 1 is 1.09 bits per heavy atom. The third-order valence-corrected chi connectivity index (χ3v) is 4.18. The lowest BCUT2D eigenvalue weighted by atomic mass is 10.2. The number of phenolic OH excluding ortho intramolecular Hbond substituents is 1. The van der Waals surface area contributed by atoms with Crippen molar-refractivity contribution in [2.45, 2.75) is 10.7 Å². The number of benzene rings is 2. The van der Waals surface area contributed by atoms with Crippen LogP contribution in [0.2, 0.25) is 0 Å². The highest BCUT2D eigenvalue weighted by Crippen LogP contribution is 2.20. The zero-order chi connectivity index (χ0) is 16.3. The van der Waals surface area contributed by atoms with Gasteiger partial charge in [0.2, 0.25) is 9.84 Å². The van der Waals surface area contributed by atoms with Gasteiger partial charge in [-0.05, 0) is 36.4 Å². The summed E-state index contributed by atoms with van der Waals surface area (Å²) in [6, 6.07) is 9.99. The minimum Gasteiger partial charge on any atom is -0.508 e. The Hall–Kier alpha value is -2.48. The molecular weight excluding hydrogens is 316 g/mol. The number of carbonyl (C=O) groups is 1. The summed E-state index contributed by atoms with van der Waals surface area (Å²) in [5, 5.41) is 11.8. The van der Waals surface area contributed by atoms with Crippen LogP contribution in [0, 0.1) is 0 Å². The second-order valence-electron chi connectivity index (χ2n) is 4.33. The predicted octanol–water partition coefficient (Wildman–Crippen LogP) is 2.64. The van der Waals surface area contributed by atoms with Crippen molar-refractivity contribution in [2.24, 2.45) is 0 Å². The molecule has 5 nitrogen and oxygen atoms in total. The molecule has 116 valence electrons. The van der Waals surface area contributed by atoms with Crippen molar-refractivity contribution in [3.8, 4) is 5.75 Å². The Morgan fingerprint density at radius 2 is 1.73 bits per heavy atom. The fraction of sp³-hybridized carbons (Fsp3) is 0.0714. The van der Waals surface area contributed by atoms with E-state index < -0.39 is 26.4 Å². The molecule has 2 aromatic carbocycles. The quantitative estimate of drug-likeness (QED) is 0.904. The molecular formula is C14H11F2NO4S. The topological polar surface area (TPSA) is 83.5 Å². The maximum absolute atomic E-state index is 12.4. The molecule has 0 aliphatic heterocycles. The standard InChI is InChI=1S/C14H11F2NO4S/c15-14(16)22(20,21)12-6-4-9(5-7-12)13(19)17-10-2-1-3-11(18)8-10/h1-8,14,18H,(H,17,19). The summed E-state index contributed by atoms with van der Waals surface area (Å²) in [6.07, 6.45) is 0. The first-order valence-electron chi connectivity index (χ1n) is 6.03. The number of anilines is 1. The van der Waals surface area contributed by atoms with E-state index in [1.54, 1.807) is 6.07 Å². The Bertz CT molecular complexity index is 789. The van der Waals surface area contributed by atoms with Crippen molar-refractivity contribution >= 4 is 21.4 Å². The van der Waals surface area contributed by atoms with E-state index in [9.17, 15) is 27.1 Å². The van der Waals surface area contributed by atoms with Crippen LogP contribution < -0.4 is 5.32 Å². The molecule has 0 aromatic heterocycles. The van der Waals surface area contributed by atoms with Gasteiger partial charge in [-0.2, -0.15) is 8.78 Å². The lowest BCUT2D eigenvalue weighted by Gasteiger charge is -2.07. The summed E-state index contributed by atoms with van der Waals surface area (Å²) >= 11 is 0. The second kappa shape index (κ2) is 6.10. The van der Waals surface area contributed by atoms with Crippen LogP contribution in [0.5, 0.6) is 5.75 Å². The van der Waals surface area contributed by atoms with Gasteiger partial charge >= 0.3 is 5.76 Å². The van der Waals surface area contributed by atoms with E-state index in [4.69, 9.17) is 0 Å². The number of sulfone groups is 1. The summed E-state index contributed by atoms with van der Waals surface area (Å²) < 4.78 is 47.3. The molecule has 0 saturated carbocycles. The molecule has 0 fully saturated rings. The number of nitrogens with one attached hydrogen (secondary N) is 1. The number of alkyl halides is 2. The van der Waals surface area contributed by atoms with Crippen LogP contribution in [0.3, 0.4) is 0 Å². The highest BCUT2D eigenvalue weighted by atomic mass is 32.2. The molecule has 0 atom stereocenters. The molecule has 0 saturated heterocycles. The molecule has 2 N–H and O–H groups in total. The molecule has 0 unspecified atom stereocenters. The number of aromatic hydroxyl groups is 1. The third kappa shape index (κ3) is 3.40. The highest BCUT2D eigenvalue weighted by Gasteiger charge is 2.26. The van der Waals surface area contributed by atoms with Gasteiger partial charge in [0.25, 0.3) is 5.91 Å². The summed E-state index contributed by atoms with van der Waals surface area (Å²) in [4.78, 5) is 11.4. The van der Waals surface area contributed by atoms with E-state index in [1.807, 2.05) is 0 Å². The molecule has 0 aliphatic rings. The van der Waals surface area contributed by atoms with Crippen LogP contribution >= 0.6 is 0 Å². The van der Waals surface area contributed by atoms with E-state index in [0.717, 1.165) is 24.3 Å². The second-order valence-corrected chi connectivity index (χ2v) is 6.25. The first kappa shape index (κ1) is 15.9. The van der Waals surface area contributed by atoms with Crippen LogP contribution in [-0.2, 0) is 9.84 Å². The Kier molecular flexibility index (Phi) is 4.41. The molecule has 8 heteroatoms. The Morgan fingerprint density at radius 3 is 2.27 bits per heavy atom. The van der Waals surface area contributed by atoms with E-state index in [-0.39, 0.29) is 11.3 Å². The normalized spacial score (nSPS) is 11.4. The Labute approximate surface area is 125 Å². The third-order valence-electron chi connectivity index (χ3n) is 2.78. The smallest absolute Gasteiger partial charge is 0.341 e. The SMILES string of the molecule is O=C(Nc1cccc(O)c1)c1ccc(S(=O)(=O)C(F)F)cc1. The van der Waals surface area contributed by atoms with Gasteiger partial charge in [0.05, 0.1) is 4.90 Å². The molecule has 0 heterocycles. The lowest BCUT2D eigenvalue weighted by molar-refractivity contribution is 0.102. The molecule has 0 bridgehead atoms. The van der Waals surface area contributed by atoms with E-state index in [2.05, 4.69) is 5.32 Å². The molecule has 2 rings (SSSR count). The number of phenols is 1. The molecule has 1 amide bonds. The maximum Gasteiger partial charge on any atom is 0.341 e. The summed E-state index contributed by atoms with van der Waals surface area (Å²) in [7, 11) is -4.68. The summed E-state index contributed by atoms with van der Waals surface area (Å²) in [5.41, 5.74) is 0.436. The van der Waals surface area contributed by atoms with Crippen LogP contribution in [0.4, 0.5) is 14.5 Å². The minimum atomic E-state index is -4.68. The summed E-state index contributed by atoms with van der Waals surface area (Å²) in [5.74, 6) is -4.11. The molecule has 22 heavy (non-hydrogen) atoms. The van der Waals surface area contributed by atoms with Gasteiger partial charge in [0.15, 0.2) is 0 Å². The molecule has 2 aromatic rings. The largest absolute Gasteiger partial charge is 0.508 e. The van der Waals surface area contributed by atoms with Crippen LogP contribution in [-0.4, -0.2) is 25.2 Å². The van der Waals surface area contributed by atoms with Gasteiger partial charge in [0, 0.05) is 17.3 Å². The molecule has 0 aliphatic carbocycles. The number of rotatable bonds is 4. The highest BCUT2D eigenvalue weighted by molar-refractivity contribution is 7.91. The van der Waals surface area contributed by atoms with E-state index in [1.165, 1.54) is 18.2 Å².